The average molecular weight is 339 g/mol. The summed E-state index contributed by atoms with van der Waals surface area (Å²) >= 11 is 0. The molecule has 0 aliphatic heterocycles. The fourth-order valence-electron chi connectivity index (χ4n) is 2.16. The van der Waals surface area contributed by atoms with Gasteiger partial charge in [0, 0.05) is 11.1 Å². The summed E-state index contributed by atoms with van der Waals surface area (Å²) < 4.78 is 5.42. The van der Waals surface area contributed by atoms with Crippen LogP contribution in [0.4, 0.5) is 4.79 Å². The maximum absolute atomic E-state index is 12.5. The van der Waals surface area contributed by atoms with E-state index in [0.29, 0.717) is 11.1 Å². The van der Waals surface area contributed by atoms with E-state index in [2.05, 4.69) is 0 Å². The van der Waals surface area contributed by atoms with E-state index in [1.165, 1.54) is 17.0 Å². The Balaban J connectivity index is 3.00. The van der Waals surface area contributed by atoms with E-state index in [4.69, 9.17) is 4.74 Å². The van der Waals surface area contributed by atoms with E-state index >= 15 is 0 Å². The highest BCUT2D eigenvalue weighted by Crippen LogP contribution is 2.26. The molecule has 1 atom stereocenters. The van der Waals surface area contributed by atoms with Gasteiger partial charge < -0.3 is 25.0 Å². The molecule has 0 saturated carbocycles. The van der Waals surface area contributed by atoms with E-state index in [0.717, 1.165) is 0 Å². The Bertz CT molecular complexity index is 572. The second-order valence-electron chi connectivity index (χ2n) is 7.82. The highest BCUT2D eigenvalue weighted by molar-refractivity contribution is 5.69. The third-order valence-corrected chi connectivity index (χ3v) is 3.44. The fourth-order valence-corrected chi connectivity index (χ4v) is 2.16. The number of carbonyl (C=O) groups is 1. The smallest absolute Gasteiger partial charge is 0.410 e. The van der Waals surface area contributed by atoms with Gasteiger partial charge >= 0.3 is 6.09 Å². The number of aliphatic hydroxyl groups excluding tert-OH is 2. The Morgan fingerprint density at radius 3 is 2.25 bits per heavy atom. The minimum absolute atomic E-state index is 0.0340. The van der Waals surface area contributed by atoms with Gasteiger partial charge in [-0.25, -0.2) is 4.79 Å². The van der Waals surface area contributed by atoms with Gasteiger partial charge in [-0.15, -0.1) is 0 Å². The summed E-state index contributed by atoms with van der Waals surface area (Å²) in [7, 11) is 0. The van der Waals surface area contributed by atoms with Crippen LogP contribution in [0.2, 0.25) is 0 Å². The zero-order valence-electron chi connectivity index (χ0n) is 15.3. The molecular formula is C18H29NO5. The Hall–Kier alpha value is -1.79. The van der Waals surface area contributed by atoms with Gasteiger partial charge in [0.25, 0.3) is 0 Å². The van der Waals surface area contributed by atoms with Crippen LogP contribution in [0.15, 0.2) is 18.2 Å². The van der Waals surface area contributed by atoms with Crippen LogP contribution in [0.25, 0.3) is 0 Å². The van der Waals surface area contributed by atoms with Crippen LogP contribution >= 0.6 is 0 Å². The van der Waals surface area contributed by atoms with Crippen molar-refractivity contribution in [2.45, 2.75) is 65.4 Å². The zero-order valence-corrected chi connectivity index (χ0v) is 15.3. The summed E-state index contributed by atoms with van der Waals surface area (Å²) in [6, 6.07) is 4.50. The quantitative estimate of drug-likeness (QED) is 0.784. The van der Waals surface area contributed by atoms with Crippen molar-refractivity contribution in [3.63, 3.8) is 0 Å². The van der Waals surface area contributed by atoms with Crippen LogP contribution in [0.3, 0.4) is 0 Å². The first-order valence-corrected chi connectivity index (χ1v) is 7.96. The molecule has 3 N–H and O–H groups in total. The number of rotatable bonds is 4. The number of carbonyl (C=O) groups excluding carboxylic acids is 1. The summed E-state index contributed by atoms with van der Waals surface area (Å²) in [5, 5.41) is 29.3. The predicted molar refractivity (Wildman–Crippen MR) is 91.7 cm³/mol. The molecule has 6 nitrogen and oxygen atoms in total. The molecule has 136 valence electrons. The third kappa shape index (κ3) is 5.69. The van der Waals surface area contributed by atoms with E-state index in [-0.39, 0.29) is 18.9 Å². The lowest BCUT2D eigenvalue weighted by molar-refractivity contribution is -0.00784. The van der Waals surface area contributed by atoms with Crippen LogP contribution in [-0.2, 0) is 11.3 Å². The number of hydrogen-bond acceptors (Lipinski definition) is 5. The molecule has 1 rings (SSSR count). The zero-order chi connectivity index (χ0) is 18.7. The molecule has 0 saturated heterocycles. The molecule has 6 heteroatoms. The van der Waals surface area contributed by atoms with Gasteiger partial charge in [-0.2, -0.15) is 0 Å². The van der Waals surface area contributed by atoms with Crippen molar-refractivity contribution >= 4 is 6.09 Å². The maximum Gasteiger partial charge on any atom is 0.410 e. The van der Waals surface area contributed by atoms with Crippen molar-refractivity contribution in [1.29, 1.82) is 0 Å². The van der Waals surface area contributed by atoms with Gasteiger partial charge in [0.1, 0.15) is 11.4 Å². The number of β-amino-alcohol motifs (C(OH)–C–C–N with tert-alkyl or cyclic N) is 1. The second kappa shape index (κ2) is 7.40. The lowest BCUT2D eigenvalue weighted by Crippen LogP contribution is -2.49. The third-order valence-electron chi connectivity index (χ3n) is 3.44. The number of hydrogen-bond donors (Lipinski definition) is 3. The van der Waals surface area contributed by atoms with Crippen LogP contribution in [0.1, 0.15) is 58.8 Å². The van der Waals surface area contributed by atoms with E-state index in [9.17, 15) is 20.1 Å². The topological polar surface area (TPSA) is 90.2 Å². The first-order valence-electron chi connectivity index (χ1n) is 7.96. The highest BCUT2D eigenvalue weighted by atomic mass is 16.6. The Morgan fingerprint density at radius 2 is 1.79 bits per heavy atom. The number of aromatic hydroxyl groups is 1. The molecule has 1 amide bonds. The summed E-state index contributed by atoms with van der Waals surface area (Å²) in [5.74, 6) is -0.0340. The summed E-state index contributed by atoms with van der Waals surface area (Å²) in [6.07, 6.45) is -1.47. The molecule has 0 radical (unpaired) electrons. The first-order chi connectivity index (χ1) is 10.8. The standard InChI is InChI=1S/C18H29NO5/c1-17(2,3)19(16(23)24-18(4,5)6)10-15(22)12-7-8-14(21)13(9-12)11-20/h7-9,15,20-22H,10-11H2,1-6H3. The number of nitrogens with zero attached hydrogens (tertiary/aromatic N) is 1. The molecule has 1 unspecified atom stereocenters. The van der Waals surface area contributed by atoms with Crippen molar-refractivity contribution in [1.82, 2.24) is 4.90 Å². The maximum atomic E-state index is 12.5. The predicted octanol–water partition coefficient (Wildman–Crippen LogP) is 2.95. The molecule has 1 aromatic rings. The SMILES string of the molecule is CC(C)(C)OC(=O)N(CC(O)c1ccc(O)c(CO)c1)C(C)(C)C. The molecule has 0 fully saturated rings. The number of ether oxygens (including phenoxy) is 1. The molecule has 0 bridgehead atoms. The van der Waals surface area contributed by atoms with Crippen molar-refractivity contribution in [3.05, 3.63) is 29.3 Å². The van der Waals surface area contributed by atoms with E-state index in [1.54, 1.807) is 26.8 Å². The minimum atomic E-state index is -0.970. The van der Waals surface area contributed by atoms with Gasteiger partial charge in [0.15, 0.2) is 0 Å². The van der Waals surface area contributed by atoms with Gasteiger partial charge in [0.2, 0.25) is 0 Å². The summed E-state index contributed by atoms with van der Waals surface area (Å²) in [4.78, 5) is 13.9. The molecule has 1 aromatic carbocycles. The Morgan fingerprint density at radius 1 is 1.21 bits per heavy atom. The van der Waals surface area contributed by atoms with Crippen molar-refractivity contribution < 1.29 is 24.9 Å². The molecule has 0 aliphatic rings. The van der Waals surface area contributed by atoms with Gasteiger partial charge in [-0.3, -0.25) is 0 Å². The van der Waals surface area contributed by atoms with Gasteiger partial charge in [0.05, 0.1) is 19.3 Å². The Kier molecular flexibility index (Phi) is 6.25. The average Bonchev–Trinajstić information content (AvgIpc) is 2.41. The van der Waals surface area contributed by atoms with Crippen LogP contribution in [0.5, 0.6) is 5.75 Å². The molecule has 0 spiro atoms. The van der Waals surface area contributed by atoms with Crippen LogP contribution in [0, 0.1) is 0 Å². The van der Waals surface area contributed by atoms with E-state index in [1.807, 2.05) is 20.8 Å². The van der Waals surface area contributed by atoms with Crippen molar-refractivity contribution in [2.24, 2.45) is 0 Å². The largest absolute Gasteiger partial charge is 0.508 e. The van der Waals surface area contributed by atoms with Crippen LogP contribution < -0.4 is 0 Å². The van der Waals surface area contributed by atoms with Gasteiger partial charge in [-0.1, -0.05) is 6.07 Å². The fraction of sp³-hybridized carbons (Fsp3) is 0.611. The first kappa shape index (κ1) is 20.3. The number of aliphatic hydroxyl groups is 2. The lowest BCUT2D eigenvalue weighted by atomic mass is 10.0. The highest BCUT2D eigenvalue weighted by Gasteiger charge is 2.32. The molecule has 0 aliphatic carbocycles. The van der Waals surface area contributed by atoms with Crippen LogP contribution in [-0.4, -0.2) is 44.0 Å². The molecule has 0 aromatic heterocycles. The van der Waals surface area contributed by atoms with E-state index < -0.39 is 23.3 Å². The Labute approximate surface area is 143 Å². The number of phenols is 1. The van der Waals surface area contributed by atoms with Crippen molar-refractivity contribution in [3.8, 4) is 5.75 Å². The monoisotopic (exact) mass is 339 g/mol. The molecule has 0 heterocycles. The number of amides is 1. The lowest BCUT2D eigenvalue weighted by Gasteiger charge is -2.38. The van der Waals surface area contributed by atoms with Crippen molar-refractivity contribution in [2.75, 3.05) is 6.54 Å². The molecule has 24 heavy (non-hydrogen) atoms. The molecular weight excluding hydrogens is 310 g/mol. The summed E-state index contributed by atoms with van der Waals surface area (Å²) in [6.45, 7) is 10.6. The second-order valence-corrected chi connectivity index (χ2v) is 7.82. The summed E-state index contributed by atoms with van der Waals surface area (Å²) in [5.41, 5.74) is -0.338. The number of benzene rings is 1. The normalized spacial score (nSPS) is 13.5. The minimum Gasteiger partial charge on any atom is -0.508 e. The van der Waals surface area contributed by atoms with Gasteiger partial charge in [-0.05, 0) is 59.2 Å².